The Hall–Kier alpha value is -4.80. The molecule has 0 spiro atoms. The molecule has 25 heteroatoms. The molecule has 0 fully saturated rings. The third kappa shape index (κ3) is 37.6. The number of rotatable bonds is 47. The summed E-state index contributed by atoms with van der Waals surface area (Å²) in [6.07, 6.45) is 0.840. The predicted molar refractivity (Wildman–Crippen MR) is 283 cm³/mol. The average molecular weight is 1110 g/mol. The number of anilines is 1. The van der Waals surface area contributed by atoms with E-state index < -0.39 is 65.5 Å². The van der Waals surface area contributed by atoms with Gasteiger partial charge in [-0.05, 0) is 83.4 Å². The number of carbonyl (C=O) groups excluding carboxylic acids is 5. The van der Waals surface area contributed by atoms with Gasteiger partial charge in [0.1, 0.15) is 30.0 Å². The van der Waals surface area contributed by atoms with Gasteiger partial charge in [-0.2, -0.15) is 0 Å². The van der Waals surface area contributed by atoms with Crippen molar-refractivity contribution < 1.29 is 91.1 Å². The second-order valence-corrected chi connectivity index (χ2v) is 19.2. The number of phenols is 1. The van der Waals surface area contributed by atoms with Gasteiger partial charge in [0.2, 0.25) is 23.6 Å². The van der Waals surface area contributed by atoms with Crippen molar-refractivity contribution in [2.45, 2.75) is 110 Å². The van der Waals surface area contributed by atoms with Crippen LogP contribution in [0.3, 0.4) is 0 Å². The number of unbranched alkanes of at least 4 members (excludes halogenated alkanes) is 1. The number of amides is 5. The molecule has 0 saturated heterocycles. The zero-order chi connectivity index (χ0) is 57.3. The monoisotopic (exact) mass is 1100 g/mol. The van der Waals surface area contributed by atoms with Crippen LogP contribution in [-0.2, 0) is 82.5 Å². The normalized spacial score (nSPS) is 13.5. The molecule has 0 aliphatic rings. The van der Waals surface area contributed by atoms with Gasteiger partial charge in [-0.25, -0.2) is 4.79 Å². The van der Waals surface area contributed by atoms with Crippen LogP contribution >= 0.6 is 0 Å². The van der Waals surface area contributed by atoms with Gasteiger partial charge in [-0.1, -0.05) is 26.8 Å². The molecule has 1 aromatic rings. The Bertz CT molecular complexity index is 1790. The standard InChI is InChI=1S/C52H92N6O19/c1-37(2)46(49(63)55-39(4)47(61)57-43-35-40(12-13-44(43)59)34-41(33-38(3)50(64)65)56-51(66)77-52(5,6)7)58-48(62)42(53)11-9-10-14-54-45(60)36-76-32-31-75-30-29-74-28-27-73-26-25-72-24-23-71-22-21-70-20-19-69-18-17-68-16-15-67-8/h12-13,35,37-39,41-42,46,59H,9-11,14-34,36,53H2,1-8H3,(H,54,60)(H,55,63)(H,56,66)(H,57,61)(H,58,62)(H,64,65)/t38-,39-,41+,42-,46-/m0/s1. The number of ether oxygens (including phenoxy) is 11. The van der Waals surface area contributed by atoms with E-state index in [4.69, 9.17) is 57.8 Å². The van der Waals surface area contributed by atoms with Gasteiger partial charge in [-0.15, -0.1) is 0 Å². The smallest absolute Gasteiger partial charge is 0.407 e. The van der Waals surface area contributed by atoms with Crippen LogP contribution < -0.4 is 32.3 Å². The number of alkyl carbamates (subject to hydrolysis) is 1. The molecule has 9 N–H and O–H groups in total. The molecule has 1 aromatic carbocycles. The quantitative estimate of drug-likeness (QED) is 0.0341. The maximum atomic E-state index is 13.3. The largest absolute Gasteiger partial charge is 0.506 e. The summed E-state index contributed by atoms with van der Waals surface area (Å²) in [7, 11) is 1.63. The number of carbonyl (C=O) groups is 6. The molecule has 0 saturated carbocycles. The molecular weight excluding hydrogens is 1010 g/mol. The van der Waals surface area contributed by atoms with Crippen molar-refractivity contribution in [1.82, 2.24) is 21.3 Å². The minimum atomic E-state index is -1.11. The van der Waals surface area contributed by atoms with Crippen LogP contribution in [0.5, 0.6) is 5.75 Å². The molecular formula is C52H92N6O19. The highest BCUT2D eigenvalue weighted by atomic mass is 16.6. The summed E-state index contributed by atoms with van der Waals surface area (Å²) >= 11 is 0. The van der Waals surface area contributed by atoms with Gasteiger partial charge < -0.3 is 94.6 Å². The van der Waals surface area contributed by atoms with Gasteiger partial charge in [0.05, 0.1) is 137 Å². The van der Waals surface area contributed by atoms with Crippen molar-refractivity contribution in [3.8, 4) is 5.75 Å². The molecule has 0 aliphatic carbocycles. The van der Waals surface area contributed by atoms with Crippen molar-refractivity contribution in [3.63, 3.8) is 0 Å². The van der Waals surface area contributed by atoms with E-state index in [1.165, 1.54) is 26.0 Å². The van der Waals surface area contributed by atoms with E-state index in [0.29, 0.717) is 131 Å². The number of carboxylic acid groups (broad SMARTS) is 1. The summed E-state index contributed by atoms with van der Waals surface area (Å²) in [5.41, 5.74) is 5.95. The Morgan fingerprint density at radius 1 is 0.623 bits per heavy atom. The lowest BCUT2D eigenvalue weighted by Crippen LogP contribution is -2.56. The minimum absolute atomic E-state index is 0.0223. The van der Waals surface area contributed by atoms with Crippen LogP contribution in [0.1, 0.15) is 79.7 Å². The highest BCUT2D eigenvalue weighted by Gasteiger charge is 2.29. The summed E-state index contributed by atoms with van der Waals surface area (Å²) in [4.78, 5) is 76.0. The first-order valence-corrected chi connectivity index (χ1v) is 26.4. The number of nitrogens with one attached hydrogen (secondary N) is 5. The molecule has 0 unspecified atom stereocenters. The minimum Gasteiger partial charge on any atom is -0.506 e. The van der Waals surface area contributed by atoms with Crippen molar-refractivity contribution in [1.29, 1.82) is 0 Å². The van der Waals surface area contributed by atoms with Crippen molar-refractivity contribution >= 4 is 41.4 Å². The van der Waals surface area contributed by atoms with Gasteiger partial charge in [0.15, 0.2) is 0 Å². The van der Waals surface area contributed by atoms with Crippen molar-refractivity contribution in [2.75, 3.05) is 145 Å². The van der Waals surface area contributed by atoms with Crippen LogP contribution in [0.15, 0.2) is 18.2 Å². The van der Waals surface area contributed by atoms with E-state index in [2.05, 4.69) is 26.6 Å². The summed E-state index contributed by atoms with van der Waals surface area (Å²) in [5, 5.41) is 33.4. The fraction of sp³-hybridized carbons (Fsp3) is 0.769. The SMILES string of the molecule is COCCOCCOCCOCCOCCOCCOCCOCCOCCOCC(=O)NCCCC[C@H](N)C(=O)N[C@H](C(=O)N[C@@H](C)C(=O)Nc1cc(C[C@@H](C[C@H](C)C(=O)O)NC(=O)OC(C)(C)C)ccc1O)C(C)C. The van der Waals surface area contributed by atoms with Gasteiger partial charge in [0, 0.05) is 19.7 Å². The third-order valence-electron chi connectivity index (χ3n) is 10.8. The molecule has 5 atom stereocenters. The Balaban J connectivity index is 2.21. The van der Waals surface area contributed by atoms with Crippen LogP contribution in [0.2, 0.25) is 0 Å². The molecule has 0 radical (unpaired) electrons. The average Bonchev–Trinajstić information content (AvgIpc) is 3.36. The Kier molecular flexibility index (Phi) is 39.3. The van der Waals surface area contributed by atoms with Crippen LogP contribution in [0, 0.1) is 11.8 Å². The molecule has 5 amide bonds. The van der Waals surface area contributed by atoms with Gasteiger partial charge in [0.25, 0.3) is 0 Å². The maximum absolute atomic E-state index is 13.3. The number of nitrogens with two attached hydrogens (primary N) is 1. The van der Waals surface area contributed by atoms with Crippen LogP contribution in [0.25, 0.3) is 0 Å². The zero-order valence-electron chi connectivity index (χ0n) is 46.8. The topological polar surface area (TPSA) is 331 Å². The van der Waals surface area contributed by atoms with Crippen molar-refractivity contribution in [2.24, 2.45) is 17.6 Å². The lowest BCUT2D eigenvalue weighted by Gasteiger charge is -2.25. The lowest BCUT2D eigenvalue weighted by atomic mass is 9.96. The van der Waals surface area contributed by atoms with Crippen LogP contribution in [-0.4, -0.2) is 215 Å². The molecule has 0 heterocycles. The molecule has 0 bridgehead atoms. The number of phenolic OH excluding ortho intramolecular Hbond substituents is 1. The summed E-state index contributed by atoms with van der Waals surface area (Å²) in [6, 6.07) is 0.665. The molecule has 1 rings (SSSR count). The number of hydrogen-bond donors (Lipinski definition) is 8. The molecule has 0 aromatic heterocycles. The summed E-state index contributed by atoms with van der Waals surface area (Å²) in [5.74, 6) is -4.64. The second kappa shape index (κ2) is 43.1. The van der Waals surface area contributed by atoms with E-state index >= 15 is 0 Å². The third-order valence-corrected chi connectivity index (χ3v) is 10.8. The predicted octanol–water partition coefficient (Wildman–Crippen LogP) is 1.93. The fourth-order valence-electron chi connectivity index (χ4n) is 6.66. The van der Waals surface area contributed by atoms with Crippen molar-refractivity contribution in [3.05, 3.63) is 23.8 Å². The summed E-state index contributed by atoms with van der Waals surface area (Å²) < 4.78 is 59.2. The van der Waals surface area contributed by atoms with E-state index in [1.54, 1.807) is 47.8 Å². The zero-order valence-corrected chi connectivity index (χ0v) is 46.8. The molecule has 25 nitrogen and oxygen atoms in total. The number of benzene rings is 1. The molecule has 444 valence electrons. The fourth-order valence-corrected chi connectivity index (χ4v) is 6.66. The summed E-state index contributed by atoms with van der Waals surface area (Å²) in [6.45, 7) is 19.7. The first-order chi connectivity index (χ1) is 36.7. The number of aliphatic carboxylic acids is 1. The number of aromatic hydroxyl groups is 1. The Morgan fingerprint density at radius 3 is 1.56 bits per heavy atom. The molecule has 77 heavy (non-hydrogen) atoms. The van der Waals surface area contributed by atoms with Gasteiger partial charge in [-0.3, -0.25) is 24.0 Å². The highest BCUT2D eigenvalue weighted by molar-refractivity contribution is 5.99. The first kappa shape index (κ1) is 70.2. The second-order valence-electron chi connectivity index (χ2n) is 19.2. The highest BCUT2D eigenvalue weighted by Crippen LogP contribution is 2.26. The number of methoxy groups -OCH3 is 1. The van der Waals surface area contributed by atoms with E-state index in [1.807, 2.05) is 0 Å². The maximum Gasteiger partial charge on any atom is 0.407 e. The number of carboxylic acids is 1. The van der Waals surface area contributed by atoms with Crippen LogP contribution in [0.4, 0.5) is 10.5 Å². The molecule has 0 aliphatic heterocycles. The Labute approximate surface area is 454 Å². The van der Waals surface area contributed by atoms with E-state index in [9.17, 15) is 39.0 Å². The van der Waals surface area contributed by atoms with Gasteiger partial charge >= 0.3 is 12.1 Å². The Morgan fingerprint density at radius 2 is 1.10 bits per heavy atom. The lowest BCUT2D eigenvalue weighted by molar-refractivity contribution is -0.141. The first-order valence-electron chi connectivity index (χ1n) is 26.4. The number of hydrogen-bond acceptors (Lipinski definition) is 19. The van der Waals surface area contributed by atoms with E-state index in [-0.39, 0.29) is 62.3 Å². The van der Waals surface area contributed by atoms with E-state index in [0.717, 1.165) is 0 Å².